The first-order valence-corrected chi connectivity index (χ1v) is 18.3. The fourth-order valence-electron chi connectivity index (χ4n) is 5.34. The molecule has 4 heterocycles. The Kier molecular flexibility index (Phi) is 9.04. The molecule has 1 atom stereocenters. The van der Waals surface area contributed by atoms with Crippen molar-refractivity contribution >= 4 is 54.3 Å². The van der Waals surface area contributed by atoms with Crippen LogP contribution in [-0.2, 0) is 37.7 Å². The maximum atomic E-state index is 13.8. The molecule has 13 nitrogen and oxygen atoms in total. The number of H-pyrrole nitrogens is 1. The summed E-state index contributed by atoms with van der Waals surface area (Å²) in [6.45, 7) is 6.18. The number of rotatable bonds is 7. The van der Waals surface area contributed by atoms with Gasteiger partial charge in [0.15, 0.2) is 5.01 Å². The number of thiazole rings is 1. The van der Waals surface area contributed by atoms with Crippen LogP contribution in [0.2, 0.25) is 0 Å². The third kappa shape index (κ3) is 7.50. The molecular formula is C29H36N6O7S3. The first-order chi connectivity index (χ1) is 21.0. The molecule has 242 valence electrons. The molecule has 45 heavy (non-hydrogen) atoms. The van der Waals surface area contributed by atoms with E-state index in [0.717, 1.165) is 17.1 Å². The fraction of sp³-hybridized carbons (Fsp3) is 0.483. The molecule has 1 saturated heterocycles. The summed E-state index contributed by atoms with van der Waals surface area (Å²) in [6.07, 6.45) is 4.96. The molecule has 0 radical (unpaired) electrons. The summed E-state index contributed by atoms with van der Waals surface area (Å²) in [5, 5.41) is 0.875. The van der Waals surface area contributed by atoms with Gasteiger partial charge in [0.1, 0.15) is 10.6 Å². The van der Waals surface area contributed by atoms with Crippen molar-refractivity contribution in [3.05, 3.63) is 45.4 Å². The highest BCUT2D eigenvalue weighted by atomic mass is 32.2. The number of carbonyl (C=O) groups excluding carboxylic acids is 2. The lowest BCUT2D eigenvalue weighted by Gasteiger charge is -2.40. The van der Waals surface area contributed by atoms with E-state index < -0.39 is 43.5 Å². The van der Waals surface area contributed by atoms with Crippen LogP contribution in [0.15, 0.2) is 29.3 Å². The van der Waals surface area contributed by atoms with Crippen LogP contribution in [0.3, 0.4) is 0 Å². The van der Waals surface area contributed by atoms with E-state index >= 15 is 0 Å². The monoisotopic (exact) mass is 676 g/mol. The number of likely N-dealkylation sites (N-methyl/N-ethyl adjacent to an activating group) is 1. The molecule has 0 saturated carbocycles. The van der Waals surface area contributed by atoms with Crippen molar-refractivity contribution in [2.75, 3.05) is 39.0 Å². The minimum atomic E-state index is -4.18. The van der Waals surface area contributed by atoms with Crippen molar-refractivity contribution in [2.24, 2.45) is 0 Å². The topological polar surface area (TPSA) is 162 Å². The molecule has 0 aliphatic carbocycles. The second-order valence-electron chi connectivity index (χ2n) is 12.2. The highest BCUT2D eigenvalue weighted by Gasteiger charge is 2.39. The lowest BCUT2D eigenvalue weighted by Crippen LogP contribution is -2.57. The maximum absolute atomic E-state index is 13.8. The number of terminal acetylenes is 1. The molecule has 2 aliphatic heterocycles. The van der Waals surface area contributed by atoms with E-state index in [9.17, 15) is 26.4 Å². The van der Waals surface area contributed by atoms with Gasteiger partial charge in [-0.15, -0.1) is 17.8 Å². The number of fused-ring (bicyclic) bond motifs is 2. The molecule has 1 fully saturated rings. The van der Waals surface area contributed by atoms with Gasteiger partial charge in [0.05, 0.1) is 11.4 Å². The molecule has 16 heteroatoms. The average molecular weight is 677 g/mol. The molecule has 1 aromatic carbocycles. The van der Waals surface area contributed by atoms with Crippen molar-refractivity contribution in [2.45, 2.75) is 56.8 Å². The number of hydrogen-bond donors (Lipinski definition) is 2. The normalized spacial score (nSPS) is 18.4. The van der Waals surface area contributed by atoms with Crippen molar-refractivity contribution < 1.29 is 31.2 Å². The number of nitrogens with zero attached hydrogens (tertiary/aromatic N) is 4. The first-order valence-electron chi connectivity index (χ1n) is 14.4. The number of ether oxygens (including phenoxy) is 1. The van der Waals surface area contributed by atoms with Gasteiger partial charge in [0.25, 0.3) is 15.9 Å². The Morgan fingerprint density at radius 2 is 1.93 bits per heavy atom. The number of carbonyl (C=O) groups is 2. The molecule has 2 aromatic heterocycles. The fourth-order valence-corrected chi connectivity index (χ4v) is 8.95. The number of aromatic amines is 1. The standard InChI is InChI=1S/C29H36N6O7S3/c1-6-19-7-8-22-20(15-19)16-25(30-22)45(40,41)34-12-13-35(27(36)26-31-23-9-11-33(5)18-24(23)43-26)21(17-34)10-14-44(38,39)32-28(37)42-29(2,3)4/h1,7-8,15-16,21,30H,9-14,17-18H2,2-5H3,(H,32,37). The van der Waals surface area contributed by atoms with Gasteiger partial charge < -0.3 is 19.5 Å². The van der Waals surface area contributed by atoms with E-state index in [-0.39, 0.29) is 42.0 Å². The van der Waals surface area contributed by atoms with Crippen LogP contribution in [0.1, 0.15) is 53.1 Å². The van der Waals surface area contributed by atoms with Gasteiger partial charge in [0.2, 0.25) is 10.0 Å². The Morgan fingerprint density at radius 1 is 1.18 bits per heavy atom. The Morgan fingerprint density at radius 3 is 2.64 bits per heavy atom. The number of hydrogen-bond acceptors (Lipinski definition) is 10. The van der Waals surface area contributed by atoms with E-state index in [1.165, 1.54) is 26.6 Å². The predicted molar refractivity (Wildman–Crippen MR) is 170 cm³/mol. The van der Waals surface area contributed by atoms with Crippen molar-refractivity contribution in [3.8, 4) is 12.3 Å². The van der Waals surface area contributed by atoms with Crippen LogP contribution in [0.4, 0.5) is 4.79 Å². The van der Waals surface area contributed by atoms with Gasteiger partial charge in [-0.05, 0) is 58.5 Å². The van der Waals surface area contributed by atoms with Crippen molar-refractivity contribution in [3.63, 3.8) is 0 Å². The summed E-state index contributed by atoms with van der Waals surface area (Å²) in [4.78, 5) is 38.1. The average Bonchev–Trinajstić information content (AvgIpc) is 3.58. The molecule has 2 aliphatic rings. The van der Waals surface area contributed by atoms with Gasteiger partial charge in [-0.3, -0.25) is 4.79 Å². The Labute approximate surface area is 267 Å². The van der Waals surface area contributed by atoms with E-state index in [4.69, 9.17) is 11.2 Å². The highest BCUT2D eigenvalue weighted by Crippen LogP contribution is 2.29. The van der Waals surface area contributed by atoms with Crippen LogP contribution in [0.25, 0.3) is 10.9 Å². The molecule has 3 aromatic rings. The van der Waals surface area contributed by atoms with Crippen LogP contribution in [-0.4, -0.2) is 104 Å². The van der Waals surface area contributed by atoms with Gasteiger partial charge in [-0.2, -0.15) is 4.31 Å². The molecule has 0 bridgehead atoms. The number of sulfonamides is 2. The lowest BCUT2D eigenvalue weighted by atomic mass is 10.1. The van der Waals surface area contributed by atoms with E-state index in [0.29, 0.717) is 29.4 Å². The van der Waals surface area contributed by atoms with E-state index in [1.54, 1.807) is 39.0 Å². The number of piperazine rings is 1. The minimum Gasteiger partial charge on any atom is -0.443 e. The summed E-state index contributed by atoms with van der Waals surface area (Å²) in [7, 11) is -6.24. The summed E-state index contributed by atoms with van der Waals surface area (Å²) in [5.41, 5.74) is 1.16. The van der Waals surface area contributed by atoms with Crippen LogP contribution in [0, 0.1) is 12.3 Å². The second-order valence-corrected chi connectivity index (χ2v) is 17.0. The first kappa shape index (κ1) is 32.9. The Bertz CT molecular complexity index is 1890. The third-order valence-corrected chi connectivity index (χ3v) is 11.7. The maximum Gasteiger partial charge on any atom is 0.421 e. The zero-order valence-electron chi connectivity index (χ0n) is 25.5. The summed E-state index contributed by atoms with van der Waals surface area (Å²) in [5.74, 6) is 1.60. The smallest absolute Gasteiger partial charge is 0.421 e. The molecular weight excluding hydrogens is 641 g/mol. The minimum absolute atomic E-state index is 0.00766. The van der Waals surface area contributed by atoms with Gasteiger partial charge in [-0.25, -0.2) is 31.3 Å². The Hall–Kier alpha value is -3.49. The number of nitrogens with one attached hydrogen (secondary N) is 2. The van der Waals surface area contributed by atoms with Crippen molar-refractivity contribution in [1.82, 2.24) is 28.8 Å². The summed E-state index contributed by atoms with van der Waals surface area (Å²) in [6, 6.07) is 5.80. The van der Waals surface area contributed by atoms with Gasteiger partial charge in [0, 0.05) is 66.5 Å². The van der Waals surface area contributed by atoms with E-state index in [1.807, 2.05) is 11.8 Å². The molecule has 2 N–H and O–H groups in total. The number of benzene rings is 1. The predicted octanol–water partition coefficient (Wildman–Crippen LogP) is 2.35. The SMILES string of the molecule is C#Cc1ccc2[nH]c(S(=O)(=O)N3CCN(C(=O)c4nc5c(s4)CN(C)CC5)C(CCS(=O)(=O)NC(=O)OC(C)(C)C)C3)cc2c1. The number of aromatic nitrogens is 2. The highest BCUT2D eigenvalue weighted by molar-refractivity contribution is 7.90. The second kappa shape index (κ2) is 12.4. The summed E-state index contributed by atoms with van der Waals surface area (Å²) < 4.78 is 61.5. The van der Waals surface area contributed by atoms with Crippen LogP contribution in [0.5, 0.6) is 0 Å². The molecule has 1 unspecified atom stereocenters. The van der Waals surface area contributed by atoms with Crippen LogP contribution >= 0.6 is 11.3 Å². The molecule has 5 rings (SSSR count). The number of amides is 2. The van der Waals surface area contributed by atoms with Gasteiger partial charge in [-0.1, -0.05) is 5.92 Å². The lowest BCUT2D eigenvalue weighted by molar-refractivity contribution is 0.0547. The van der Waals surface area contributed by atoms with Crippen molar-refractivity contribution in [1.29, 1.82) is 0 Å². The Balaban J connectivity index is 1.39. The van der Waals surface area contributed by atoms with E-state index in [2.05, 4.69) is 20.8 Å². The molecule has 0 spiro atoms. The van der Waals surface area contributed by atoms with Crippen LogP contribution < -0.4 is 4.72 Å². The zero-order chi connectivity index (χ0) is 32.7. The largest absolute Gasteiger partial charge is 0.443 e. The summed E-state index contributed by atoms with van der Waals surface area (Å²) >= 11 is 1.30. The zero-order valence-corrected chi connectivity index (χ0v) is 27.9. The molecule has 2 amide bonds. The van der Waals surface area contributed by atoms with Gasteiger partial charge >= 0.3 is 6.09 Å². The third-order valence-electron chi connectivity index (χ3n) is 7.55. The quantitative estimate of drug-likeness (QED) is 0.358.